The number of hydrogen-bond donors (Lipinski definition) is 0. The number of carbonyl (C=O) groups excluding carboxylic acids is 1. The maximum atomic E-state index is 11.7. The van der Waals surface area contributed by atoms with Gasteiger partial charge in [0.15, 0.2) is 5.16 Å². The number of nitrogens with zero attached hydrogens (tertiary/aromatic N) is 3. The number of ketones is 1. The van der Waals surface area contributed by atoms with Gasteiger partial charge in [-0.2, -0.15) is 0 Å². The summed E-state index contributed by atoms with van der Waals surface area (Å²) in [5.74, 6) is 0.370. The lowest BCUT2D eigenvalue weighted by atomic mass is 9.99. The van der Waals surface area contributed by atoms with Crippen molar-refractivity contribution in [2.75, 3.05) is 0 Å². The average molecular weight is 239 g/mol. The van der Waals surface area contributed by atoms with Gasteiger partial charge < -0.3 is 4.57 Å². The van der Waals surface area contributed by atoms with Crippen molar-refractivity contribution in [3.63, 3.8) is 0 Å². The van der Waals surface area contributed by atoms with Crippen molar-refractivity contribution in [3.05, 3.63) is 6.33 Å². The molecule has 5 heteroatoms. The van der Waals surface area contributed by atoms with Crippen LogP contribution in [0.4, 0.5) is 0 Å². The first kappa shape index (κ1) is 11.6. The Balaban J connectivity index is 2.07. The third kappa shape index (κ3) is 2.45. The van der Waals surface area contributed by atoms with Crippen molar-refractivity contribution in [2.24, 2.45) is 0 Å². The Labute approximate surface area is 99.8 Å². The van der Waals surface area contributed by atoms with Crippen molar-refractivity contribution in [1.82, 2.24) is 14.8 Å². The molecule has 0 bridgehead atoms. The molecule has 0 spiro atoms. The van der Waals surface area contributed by atoms with Gasteiger partial charge in [0.2, 0.25) is 0 Å². The summed E-state index contributed by atoms with van der Waals surface area (Å²) in [4.78, 5) is 11.7. The second-order valence-electron chi connectivity index (χ2n) is 4.43. The fraction of sp³-hybridized carbons (Fsp3) is 0.727. The summed E-state index contributed by atoms with van der Waals surface area (Å²) in [6.45, 7) is 4.19. The molecule has 88 valence electrons. The highest BCUT2D eigenvalue weighted by atomic mass is 32.2. The van der Waals surface area contributed by atoms with E-state index in [2.05, 4.69) is 24.0 Å². The molecule has 0 amide bonds. The second-order valence-corrected chi connectivity index (χ2v) is 5.60. The van der Waals surface area contributed by atoms with E-state index in [1.165, 1.54) is 0 Å². The van der Waals surface area contributed by atoms with Gasteiger partial charge in [-0.3, -0.25) is 4.79 Å². The number of rotatable bonds is 3. The van der Waals surface area contributed by atoms with Crippen LogP contribution in [0.25, 0.3) is 0 Å². The molecule has 16 heavy (non-hydrogen) atoms. The molecule has 0 aliphatic heterocycles. The van der Waals surface area contributed by atoms with Gasteiger partial charge in [0, 0.05) is 12.5 Å². The molecule has 4 nitrogen and oxygen atoms in total. The van der Waals surface area contributed by atoms with E-state index in [4.69, 9.17) is 0 Å². The number of thioether (sulfide) groups is 1. The smallest absolute Gasteiger partial charge is 0.191 e. The van der Waals surface area contributed by atoms with Gasteiger partial charge in [-0.05, 0) is 26.7 Å². The van der Waals surface area contributed by atoms with Gasteiger partial charge in [0.05, 0.1) is 5.25 Å². The quantitative estimate of drug-likeness (QED) is 0.813. The second kappa shape index (κ2) is 4.99. The maximum absolute atomic E-state index is 11.7. The Morgan fingerprint density at radius 1 is 1.50 bits per heavy atom. The number of carbonyl (C=O) groups is 1. The van der Waals surface area contributed by atoms with Crippen LogP contribution in [0.1, 0.15) is 45.6 Å². The highest BCUT2D eigenvalue weighted by molar-refractivity contribution is 8.00. The molecule has 0 unspecified atom stereocenters. The molecule has 1 atom stereocenters. The van der Waals surface area contributed by atoms with Crippen LogP contribution in [0.15, 0.2) is 11.5 Å². The van der Waals surface area contributed by atoms with Crippen LogP contribution in [0.2, 0.25) is 0 Å². The van der Waals surface area contributed by atoms with Crippen LogP contribution >= 0.6 is 11.8 Å². The monoisotopic (exact) mass is 239 g/mol. The first-order valence-corrected chi connectivity index (χ1v) is 6.65. The lowest BCUT2D eigenvalue weighted by molar-refractivity contribution is -0.119. The summed E-state index contributed by atoms with van der Waals surface area (Å²) in [6.07, 6.45) is 5.65. The minimum absolute atomic E-state index is 0.0930. The molecule has 1 saturated carbocycles. The van der Waals surface area contributed by atoms with Crippen molar-refractivity contribution < 1.29 is 4.79 Å². The Kier molecular flexibility index (Phi) is 3.63. The van der Waals surface area contributed by atoms with Crippen molar-refractivity contribution in [2.45, 2.75) is 56.0 Å². The molecule has 0 radical (unpaired) electrons. The molecule has 2 rings (SSSR count). The lowest BCUT2D eigenvalue weighted by Gasteiger charge is -2.20. The summed E-state index contributed by atoms with van der Waals surface area (Å²) in [6, 6.07) is 0.344. The topological polar surface area (TPSA) is 47.8 Å². The van der Waals surface area contributed by atoms with Gasteiger partial charge in [0.1, 0.15) is 12.1 Å². The van der Waals surface area contributed by atoms with E-state index in [0.717, 1.165) is 30.8 Å². The molecule has 1 heterocycles. The third-order valence-electron chi connectivity index (χ3n) is 2.84. The molecule has 1 aliphatic carbocycles. The Morgan fingerprint density at radius 3 is 3.00 bits per heavy atom. The highest BCUT2D eigenvalue weighted by Gasteiger charge is 2.25. The minimum Gasteiger partial charge on any atom is -0.306 e. The van der Waals surface area contributed by atoms with Crippen LogP contribution in [0.5, 0.6) is 0 Å². The zero-order chi connectivity index (χ0) is 11.5. The van der Waals surface area contributed by atoms with E-state index >= 15 is 0 Å². The predicted octanol–water partition coefficient (Wildman–Crippen LogP) is 2.46. The molecule has 1 aliphatic rings. The molecule has 0 N–H and O–H groups in total. The Hall–Kier alpha value is -0.840. The summed E-state index contributed by atoms with van der Waals surface area (Å²) in [7, 11) is 0. The predicted molar refractivity (Wildman–Crippen MR) is 63.5 cm³/mol. The van der Waals surface area contributed by atoms with E-state index in [1.807, 2.05) is 4.57 Å². The van der Waals surface area contributed by atoms with Crippen LogP contribution in [-0.2, 0) is 4.79 Å². The third-order valence-corrected chi connectivity index (χ3v) is 4.13. The molecular formula is C11H17N3OS. The molecule has 0 saturated heterocycles. The van der Waals surface area contributed by atoms with E-state index in [0.29, 0.717) is 11.8 Å². The number of hydrogen-bond acceptors (Lipinski definition) is 4. The van der Waals surface area contributed by atoms with Crippen LogP contribution < -0.4 is 0 Å². The standard InChI is InChI=1S/C11H17N3OS/c1-8(2)14-7-12-13-11(14)16-10-6-4-3-5-9(10)15/h7-8,10H,3-6H2,1-2H3/t10-/m1/s1. The molecule has 1 aromatic rings. The SMILES string of the molecule is CC(C)n1cnnc1S[C@@H]1CCCCC1=O. The van der Waals surface area contributed by atoms with Crippen LogP contribution in [-0.4, -0.2) is 25.8 Å². The Bertz CT molecular complexity index is 375. The first-order valence-electron chi connectivity index (χ1n) is 5.77. The fourth-order valence-electron chi connectivity index (χ4n) is 1.87. The van der Waals surface area contributed by atoms with Crippen molar-refractivity contribution in [3.8, 4) is 0 Å². The Morgan fingerprint density at radius 2 is 2.31 bits per heavy atom. The summed E-state index contributed by atoms with van der Waals surface area (Å²) in [5.41, 5.74) is 0. The first-order chi connectivity index (χ1) is 7.68. The fourth-order valence-corrected chi connectivity index (χ4v) is 3.14. The van der Waals surface area contributed by atoms with Crippen molar-refractivity contribution in [1.29, 1.82) is 0 Å². The van der Waals surface area contributed by atoms with Crippen LogP contribution in [0, 0.1) is 0 Å². The number of Topliss-reactive ketones (excluding diaryl/α,β-unsaturated/α-hetero) is 1. The van der Waals surface area contributed by atoms with Crippen LogP contribution in [0.3, 0.4) is 0 Å². The van der Waals surface area contributed by atoms with Gasteiger partial charge in [-0.15, -0.1) is 10.2 Å². The molecule has 1 aromatic heterocycles. The largest absolute Gasteiger partial charge is 0.306 e. The molecular weight excluding hydrogens is 222 g/mol. The molecule has 1 fully saturated rings. The summed E-state index contributed by atoms with van der Waals surface area (Å²) in [5, 5.41) is 8.97. The van der Waals surface area contributed by atoms with E-state index in [-0.39, 0.29) is 5.25 Å². The maximum Gasteiger partial charge on any atom is 0.191 e. The lowest BCUT2D eigenvalue weighted by Crippen LogP contribution is -2.22. The van der Waals surface area contributed by atoms with Gasteiger partial charge >= 0.3 is 0 Å². The normalized spacial score (nSPS) is 21.7. The summed E-state index contributed by atoms with van der Waals surface area (Å²) >= 11 is 1.57. The zero-order valence-electron chi connectivity index (χ0n) is 9.72. The average Bonchev–Trinajstić information content (AvgIpc) is 2.69. The van der Waals surface area contributed by atoms with E-state index in [9.17, 15) is 4.79 Å². The van der Waals surface area contributed by atoms with Gasteiger partial charge in [-0.1, -0.05) is 18.2 Å². The van der Waals surface area contributed by atoms with Crippen molar-refractivity contribution >= 4 is 17.5 Å². The van der Waals surface area contributed by atoms with E-state index < -0.39 is 0 Å². The number of aromatic nitrogens is 3. The minimum atomic E-state index is 0.0930. The highest BCUT2D eigenvalue weighted by Crippen LogP contribution is 2.31. The summed E-state index contributed by atoms with van der Waals surface area (Å²) < 4.78 is 2.02. The zero-order valence-corrected chi connectivity index (χ0v) is 10.5. The van der Waals surface area contributed by atoms with Gasteiger partial charge in [0.25, 0.3) is 0 Å². The van der Waals surface area contributed by atoms with Gasteiger partial charge in [-0.25, -0.2) is 0 Å². The van der Waals surface area contributed by atoms with E-state index in [1.54, 1.807) is 18.1 Å². The molecule has 0 aromatic carbocycles.